The van der Waals surface area contributed by atoms with Crippen molar-refractivity contribution in [3.05, 3.63) is 88.2 Å². The average Bonchev–Trinajstić information content (AvgIpc) is 3.42. The molecule has 0 bridgehead atoms. The van der Waals surface area contributed by atoms with Crippen LogP contribution in [0.3, 0.4) is 0 Å². The molecule has 1 aliphatic rings. The summed E-state index contributed by atoms with van der Waals surface area (Å²) < 4.78 is 1.90. The molecule has 31 heavy (non-hydrogen) atoms. The summed E-state index contributed by atoms with van der Waals surface area (Å²) in [6.07, 6.45) is 3.42. The van der Waals surface area contributed by atoms with Crippen LogP contribution in [0.2, 0.25) is 0 Å². The van der Waals surface area contributed by atoms with Gasteiger partial charge in [0.25, 0.3) is 5.91 Å². The molecule has 5 nitrogen and oxygen atoms in total. The zero-order valence-corrected chi connectivity index (χ0v) is 19.2. The Bertz CT molecular complexity index is 988. The molecule has 1 aromatic heterocycles. The number of amides is 1. The van der Waals surface area contributed by atoms with Crippen molar-refractivity contribution >= 4 is 5.91 Å². The quantitative estimate of drug-likeness (QED) is 0.645. The molecule has 2 heterocycles. The number of carbonyl (C=O) groups is 1. The average molecular weight is 419 g/mol. The lowest BCUT2D eigenvalue weighted by Crippen LogP contribution is -2.40. The number of aromatic nitrogens is 2. The van der Waals surface area contributed by atoms with Gasteiger partial charge < -0.3 is 0 Å². The van der Waals surface area contributed by atoms with Crippen molar-refractivity contribution in [2.75, 3.05) is 13.1 Å². The minimum Gasteiger partial charge on any atom is -0.283 e. The molecule has 164 valence electrons. The first kappa shape index (κ1) is 22.8. The smallest absolute Gasteiger partial charge is 0.283 e. The summed E-state index contributed by atoms with van der Waals surface area (Å²) in [6.45, 7) is 10.9. The maximum absolute atomic E-state index is 12.3. The van der Waals surface area contributed by atoms with Crippen LogP contribution in [0.15, 0.2) is 54.6 Å². The summed E-state index contributed by atoms with van der Waals surface area (Å²) in [4.78, 5) is 12.3. The number of nitrogens with one attached hydrogen (secondary N) is 1. The fourth-order valence-electron chi connectivity index (χ4n) is 3.66. The molecule has 1 saturated heterocycles. The summed E-state index contributed by atoms with van der Waals surface area (Å²) in [5.74, 6) is -0.116. The van der Waals surface area contributed by atoms with Crippen LogP contribution in [0.25, 0.3) is 0 Å². The Morgan fingerprint density at radius 2 is 1.71 bits per heavy atom. The highest BCUT2D eigenvalue weighted by molar-refractivity contribution is 5.92. The van der Waals surface area contributed by atoms with Gasteiger partial charge in [0.15, 0.2) is 5.69 Å². The van der Waals surface area contributed by atoms with Crippen molar-refractivity contribution < 1.29 is 4.79 Å². The van der Waals surface area contributed by atoms with Crippen molar-refractivity contribution in [1.29, 1.82) is 0 Å². The Balaban J connectivity index is 0.000000287. The fourth-order valence-corrected chi connectivity index (χ4v) is 3.66. The molecule has 5 heteroatoms. The van der Waals surface area contributed by atoms with Crippen molar-refractivity contribution in [3.63, 3.8) is 0 Å². The molecule has 0 spiro atoms. The van der Waals surface area contributed by atoms with Gasteiger partial charge in [-0.3, -0.25) is 14.9 Å². The van der Waals surface area contributed by atoms with Gasteiger partial charge in [0.2, 0.25) is 0 Å². The van der Waals surface area contributed by atoms with Gasteiger partial charge in [0.1, 0.15) is 0 Å². The first-order valence-corrected chi connectivity index (χ1v) is 11.2. The van der Waals surface area contributed by atoms with Crippen molar-refractivity contribution in [2.24, 2.45) is 0 Å². The Hall–Kier alpha value is -2.92. The van der Waals surface area contributed by atoms with Crippen molar-refractivity contribution in [3.8, 4) is 0 Å². The molecule has 0 unspecified atom stereocenters. The minimum atomic E-state index is -0.116. The zero-order valence-electron chi connectivity index (χ0n) is 19.2. The summed E-state index contributed by atoms with van der Waals surface area (Å²) in [7, 11) is 0. The maximum atomic E-state index is 12.3. The third-order valence-electron chi connectivity index (χ3n) is 5.66. The maximum Gasteiger partial charge on any atom is 0.286 e. The number of hydrazine groups is 1. The molecular formula is C26H34N4O. The number of nitrogens with zero attached hydrogens (tertiary/aromatic N) is 3. The molecule has 0 saturated carbocycles. The summed E-state index contributed by atoms with van der Waals surface area (Å²) in [6, 6.07) is 18.7. The predicted octanol–water partition coefficient (Wildman–Crippen LogP) is 4.85. The van der Waals surface area contributed by atoms with Crippen molar-refractivity contribution in [1.82, 2.24) is 20.2 Å². The first-order valence-electron chi connectivity index (χ1n) is 11.2. The Morgan fingerprint density at radius 3 is 2.35 bits per heavy atom. The number of benzene rings is 2. The Kier molecular flexibility index (Phi) is 8.01. The number of hydrogen-bond donors (Lipinski definition) is 1. The van der Waals surface area contributed by atoms with E-state index >= 15 is 0 Å². The van der Waals surface area contributed by atoms with E-state index in [2.05, 4.69) is 73.8 Å². The van der Waals surface area contributed by atoms with Crippen LogP contribution in [0, 0.1) is 20.8 Å². The molecule has 1 aliphatic heterocycles. The molecule has 3 aromatic rings. The minimum absolute atomic E-state index is 0.116. The standard InChI is InChI=1S/C18H24N4O.C8H10/c1-13-6-7-14(2)16(10-13)12-22-15(3)11-17(19-22)18(23)20-21-8-4-5-9-21;1-2-8-6-4-3-5-7-8/h6-7,10-11H,4-5,8-9,12H2,1-3H3,(H,20,23);3-7H,2H2,1H3. The van der Waals surface area contributed by atoms with E-state index in [9.17, 15) is 4.79 Å². The highest BCUT2D eigenvalue weighted by Gasteiger charge is 2.18. The van der Waals surface area contributed by atoms with Gasteiger partial charge in [-0.15, -0.1) is 0 Å². The molecule has 0 aliphatic carbocycles. The van der Waals surface area contributed by atoms with Gasteiger partial charge in [0.05, 0.1) is 6.54 Å². The van der Waals surface area contributed by atoms with E-state index in [4.69, 9.17) is 0 Å². The SMILES string of the molecule is CCc1ccccc1.Cc1ccc(C)c(Cn2nc(C(=O)NN3CCCC3)cc2C)c1. The second-order valence-corrected chi connectivity index (χ2v) is 8.23. The third-order valence-corrected chi connectivity index (χ3v) is 5.66. The number of rotatable bonds is 5. The van der Waals surface area contributed by atoms with Crippen LogP contribution in [0.5, 0.6) is 0 Å². The van der Waals surface area contributed by atoms with Crippen LogP contribution in [-0.4, -0.2) is 33.8 Å². The predicted molar refractivity (Wildman–Crippen MR) is 126 cm³/mol. The van der Waals surface area contributed by atoms with Crippen molar-refractivity contribution in [2.45, 2.75) is 53.5 Å². The third kappa shape index (κ3) is 6.53. The van der Waals surface area contributed by atoms with Crippen LogP contribution < -0.4 is 5.43 Å². The van der Waals surface area contributed by atoms with E-state index in [1.165, 1.54) is 22.3 Å². The summed E-state index contributed by atoms with van der Waals surface area (Å²) >= 11 is 0. The molecular weight excluding hydrogens is 384 g/mol. The van der Waals surface area contributed by atoms with Gasteiger partial charge in [-0.1, -0.05) is 61.0 Å². The summed E-state index contributed by atoms with van der Waals surface area (Å²) in [5.41, 5.74) is 9.55. The first-order chi connectivity index (χ1) is 15.0. The van der Waals surface area contributed by atoms with E-state index in [1.807, 2.05) is 28.7 Å². The highest BCUT2D eigenvalue weighted by Crippen LogP contribution is 2.14. The molecule has 1 N–H and O–H groups in total. The topological polar surface area (TPSA) is 50.2 Å². The monoisotopic (exact) mass is 418 g/mol. The molecule has 2 aromatic carbocycles. The summed E-state index contributed by atoms with van der Waals surface area (Å²) in [5, 5.41) is 6.47. The van der Waals surface area contributed by atoms with Gasteiger partial charge in [-0.05, 0) is 62.8 Å². The zero-order chi connectivity index (χ0) is 22.2. The van der Waals surface area contributed by atoms with Gasteiger partial charge in [-0.25, -0.2) is 5.01 Å². The van der Waals surface area contributed by atoms with Crippen LogP contribution in [-0.2, 0) is 13.0 Å². The number of aryl methyl sites for hydroxylation is 4. The largest absolute Gasteiger partial charge is 0.286 e. The van der Waals surface area contributed by atoms with E-state index in [-0.39, 0.29) is 5.91 Å². The lowest BCUT2D eigenvalue weighted by atomic mass is 10.1. The van der Waals surface area contributed by atoms with Gasteiger partial charge in [0, 0.05) is 18.8 Å². The lowest BCUT2D eigenvalue weighted by Gasteiger charge is -2.14. The second kappa shape index (κ2) is 10.9. The highest BCUT2D eigenvalue weighted by atomic mass is 16.2. The van der Waals surface area contributed by atoms with Gasteiger partial charge in [-0.2, -0.15) is 5.10 Å². The van der Waals surface area contributed by atoms with Gasteiger partial charge >= 0.3 is 0 Å². The lowest BCUT2D eigenvalue weighted by molar-refractivity contribution is 0.0819. The number of hydrogen-bond acceptors (Lipinski definition) is 3. The molecule has 0 atom stereocenters. The Morgan fingerprint density at radius 1 is 1.00 bits per heavy atom. The second-order valence-electron chi connectivity index (χ2n) is 8.23. The van der Waals surface area contributed by atoms with E-state index in [0.29, 0.717) is 12.2 Å². The molecule has 1 amide bonds. The van der Waals surface area contributed by atoms with Crippen LogP contribution in [0.1, 0.15) is 58.2 Å². The molecule has 0 radical (unpaired) electrons. The van der Waals surface area contributed by atoms with Crippen LogP contribution in [0.4, 0.5) is 0 Å². The van der Waals surface area contributed by atoms with E-state index in [1.54, 1.807) is 0 Å². The van der Waals surface area contributed by atoms with E-state index in [0.717, 1.165) is 38.0 Å². The molecule has 1 fully saturated rings. The fraction of sp³-hybridized carbons (Fsp3) is 0.385. The normalized spacial score (nSPS) is 13.5. The van der Waals surface area contributed by atoms with Crippen LogP contribution >= 0.6 is 0 Å². The molecule has 4 rings (SSSR count). The van der Waals surface area contributed by atoms with E-state index < -0.39 is 0 Å². The number of carbonyl (C=O) groups excluding carboxylic acids is 1. The Labute approximate surface area is 186 Å².